The molecule has 0 unspecified atom stereocenters. The SMILES string of the molecule is c1ccc(-c2nc(-c3ccc4c(ccc5c6ccccc6oc45)c3)nc(-c3ccc4c(ccc5c6ccccc6oc45)c3)n2)cc1. The Morgan fingerprint density at radius 3 is 1.28 bits per heavy atom. The van der Waals surface area contributed by atoms with Gasteiger partial charge in [-0.2, -0.15) is 0 Å². The third kappa shape index (κ3) is 3.79. The highest BCUT2D eigenvalue weighted by molar-refractivity contribution is 6.16. The topological polar surface area (TPSA) is 65.0 Å². The molecule has 0 amide bonds. The first-order valence-corrected chi connectivity index (χ1v) is 15.3. The van der Waals surface area contributed by atoms with Crippen LogP contribution in [-0.2, 0) is 0 Å². The van der Waals surface area contributed by atoms with E-state index in [4.69, 9.17) is 23.8 Å². The van der Waals surface area contributed by atoms with Crippen molar-refractivity contribution in [1.82, 2.24) is 15.0 Å². The molecule has 0 fully saturated rings. The molecule has 10 rings (SSSR count). The first-order chi connectivity index (χ1) is 22.8. The van der Waals surface area contributed by atoms with Gasteiger partial charge in [0.2, 0.25) is 0 Å². The van der Waals surface area contributed by atoms with Crippen LogP contribution < -0.4 is 0 Å². The fourth-order valence-electron chi connectivity index (χ4n) is 6.65. The fourth-order valence-corrected chi connectivity index (χ4v) is 6.65. The monoisotopic (exact) mass is 589 g/mol. The highest BCUT2D eigenvalue weighted by Crippen LogP contribution is 2.37. The van der Waals surface area contributed by atoms with Crippen molar-refractivity contribution in [2.45, 2.75) is 0 Å². The lowest BCUT2D eigenvalue weighted by Crippen LogP contribution is -2.00. The van der Waals surface area contributed by atoms with Crippen molar-refractivity contribution in [2.24, 2.45) is 0 Å². The van der Waals surface area contributed by atoms with Crippen LogP contribution in [-0.4, -0.2) is 15.0 Å². The predicted molar refractivity (Wildman–Crippen MR) is 186 cm³/mol. The van der Waals surface area contributed by atoms with Crippen LogP contribution >= 0.6 is 0 Å². The van der Waals surface area contributed by atoms with Crippen molar-refractivity contribution in [3.63, 3.8) is 0 Å². The molecule has 0 atom stereocenters. The van der Waals surface area contributed by atoms with E-state index in [9.17, 15) is 0 Å². The van der Waals surface area contributed by atoms with E-state index >= 15 is 0 Å². The summed E-state index contributed by atoms with van der Waals surface area (Å²) >= 11 is 0. The van der Waals surface area contributed by atoms with E-state index in [0.717, 1.165) is 82.1 Å². The zero-order valence-electron chi connectivity index (χ0n) is 24.4. The maximum Gasteiger partial charge on any atom is 0.164 e. The number of para-hydroxylation sites is 2. The van der Waals surface area contributed by atoms with Crippen LogP contribution in [0.15, 0.2) is 148 Å². The molecule has 0 bridgehead atoms. The molecule has 0 saturated heterocycles. The normalized spacial score (nSPS) is 11.9. The van der Waals surface area contributed by atoms with Crippen LogP contribution in [0.2, 0.25) is 0 Å². The van der Waals surface area contributed by atoms with Gasteiger partial charge >= 0.3 is 0 Å². The lowest BCUT2D eigenvalue weighted by Gasteiger charge is -2.10. The Morgan fingerprint density at radius 1 is 0.326 bits per heavy atom. The molecule has 3 aromatic heterocycles. The smallest absolute Gasteiger partial charge is 0.164 e. The summed E-state index contributed by atoms with van der Waals surface area (Å²) in [5.41, 5.74) is 6.31. The molecule has 46 heavy (non-hydrogen) atoms. The van der Waals surface area contributed by atoms with Gasteiger partial charge in [0.05, 0.1) is 0 Å². The first kappa shape index (κ1) is 25.0. The second-order valence-corrected chi connectivity index (χ2v) is 11.6. The minimum absolute atomic E-state index is 0.614. The summed E-state index contributed by atoms with van der Waals surface area (Å²) < 4.78 is 12.6. The van der Waals surface area contributed by atoms with Crippen molar-refractivity contribution in [2.75, 3.05) is 0 Å². The van der Waals surface area contributed by atoms with Crippen LogP contribution in [0.3, 0.4) is 0 Å². The number of rotatable bonds is 3. The fraction of sp³-hybridized carbons (Fsp3) is 0. The van der Waals surface area contributed by atoms with E-state index in [1.54, 1.807) is 0 Å². The average Bonchev–Trinajstić information content (AvgIpc) is 3.70. The van der Waals surface area contributed by atoms with E-state index in [1.165, 1.54) is 0 Å². The van der Waals surface area contributed by atoms with Gasteiger partial charge in [-0.05, 0) is 59.3 Å². The highest BCUT2D eigenvalue weighted by Gasteiger charge is 2.16. The number of nitrogens with zero attached hydrogens (tertiary/aromatic N) is 3. The third-order valence-corrected chi connectivity index (χ3v) is 8.90. The maximum atomic E-state index is 6.30. The number of hydrogen-bond acceptors (Lipinski definition) is 5. The van der Waals surface area contributed by atoms with E-state index in [2.05, 4.69) is 72.8 Å². The Morgan fingerprint density at radius 2 is 0.761 bits per heavy atom. The van der Waals surface area contributed by atoms with Crippen LogP contribution in [0.4, 0.5) is 0 Å². The van der Waals surface area contributed by atoms with Crippen LogP contribution in [0.1, 0.15) is 0 Å². The molecule has 7 aromatic carbocycles. The third-order valence-electron chi connectivity index (χ3n) is 8.90. The maximum absolute atomic E-state index is 6.30. The highest BCUT2D eigenvalue weighted by atomic mass is 16.3. The molecule has 0 radical (unpaired) electrons. The number of furan rings is 2. The lowest BCUT2D eigenvalue weighted by atomic mass is 10.0. The number of hydrogen-bond donors (Lipinski definition) is 0. The van der Waals surface area contributed by atoms with Crippen molar-refractivity contribution in [3.05, 3.63) is 140 Å². The lowest BCUT2D eigenvalue weighted by molar-refractivity contribution is 0.672. The Balaban J connectivity index is 1.14. The van der Waals surface area contributed by atoms with E-state index < -0.39 is 0 Å². The summed E-state index contributed by atoms with van der Waals surface area (Å²) in [4.78, 5) is 15.0. The number of aromatic nitrogens is 3. The first-order valence-electron chi connectivity index (χ1n) is 15.3. The quantitative estimate of drug-likeness (QED) is 0.205. The van der Waals surface area contributed by atoms with Crippen LogP contribution in [0.5, 0.6) is 0 Å². The molecule has 0 aliphatic rings. The van der Waals surface area contributed by atoms with Gasteiger partial charge < -0.3 is 8.83 Å². The van der Waals surface area contributed by atoms with E-state index in [1.807, 2.05) is 66.7 Å². The van der Waals surface area contributed by atoms with E-state index in [0.29, 0.717) is 17.5 Å². The molecule has 214 valence electrons. The van der Waals surface area contributed by atoms with Gasteiger partial charge in [0.25, 0.3) is 0 Å². The largest absolute Gasteiger partial charge is 0.455 e. The van der Waals surface area contributed by atoms with Gasteiger partial charge in [0.15, 0.2) is 17.5 Å². The Kier molecular flexibility index (Phi) is 5.22. The summed E-state index contributed by atoms with van der Waals surface area (Å²) in [6.07, 6.45) is 0. The van der Waals surface area contributed by atoms with Gasteiger partial charge in [-0.1, -0.05) is 91.0 Å². The van der Waals surface area contributed by atoms with Crippen molar-refractivity contribution in [3.8, 4) is 34.2 Å². The predicted octanol–water partition coefficient (Wildman–Crippen LogP) is 11.0. The molecular formula is C41H23N3O2. The summed E-state index contributed by atoms with van der Waals surface area (Å²) in [5, 5.41) is 8.70. The molecule has 0 spiro atoms. The van der Waals surface area contributed by atoms with Gasteiger partial charge in [-0.25, -0.2) is 15.0 Å². The number of fused-ring (bicyclic) bond motifs is 10. The minimum Gasteiger partial charge on any atom is -0.455 e. The Labute approximate surface area is 262 Å². The molecule has 10 aromatic rings. The molecular weight excluding hydrogens is 566 g/mol. The molecule has 0 saturated carbocycles. The summed E-state index contributed by atoms with van der Waals surface area (Å²) in [6.45, 7) is 0. The summed E-state index contributed by atoms with van der Waals surface area (Å²) in [6, 6.07) is 47.6. The average molecular weight is 590 g/mol. The zero-order valence-corrected chi connectivity index (χ0v) is 24.4. The minimum atomic E-state index is 0.614. The van der Waals surface area contributed by atoms with E-state index in [-0.39, 0.29) is 0 Å². The molecule has 3 heterocycles. The van der Waals surface area contributed by atoms with Crippen LogP contribution in [0, 0.1) is 0 Å². The molecule has 0 aliphatic heterocycles. The molecule has 5 heteroatoms. The van der Waals surface area contributed by atoms with Crippen molar-refractivity contribution < 1.29 is 8.83 Å². The second-order valence-electron chi connectivity index (χ2n) is 11.6. The van der Waals surface area contributed by atoms with Crippen molar-refractivity contribution >= 4 is 65.4 Å². The summed E-state index contributed by atoms with van der Waals surface area (Å²) in [5.74, 6) is 1.85. The molecule has 0 N–H and O–H groups in total. The molecule has 5 nitrogen and oxygen atoms in total. The second kappa shape index (κ2) is 9.58. The standard InChI is InChI=1S/C41H23N3O2/c1-2-8-24(9-3-1)39-42-40(27-16-18-29-25(22-27)14-20-33-31-10-4-6-12-35(31)45-37(29)33)44-41(43-39)28-17-19-30-26(23-28)15-21-34-32-11-5-7-13-36(32)46-38(30)34/h1-23H. The zero-order chi connectivity index (χ0) is 30.2. The Hall–Kier alpha value is -6.33. The van der Waals surface area contributed by atoms with Gasteiger partial charge in [0, 0.05) is 49.0 Å². The number of benzene rings is 7. The Bertz CT molecular complexity index is 2640. The van der Waals surface area contributed by atoms with Crippen LogP contribution in [0.25, 0.3) is 99.6 Å². The van der Waals surface area contributed by atoms with Gasteiger partial charge in [-0.15, -0.1) is 0 Å². The molecule has 0 aliphatic carbocycles. The summed E-state index contributed by atoms with van der Waals surface area (Å²) in [7, 11) is 0. The van der Waals surface area contributed by atoms with Crippen molar-refractivity contribution in [1.29, 1.82) is 0 Å². The van der Waals surface area contributed by atoms with Gasteiger partial charge in [0.1, 0.15) is 22.3 Å². The van der Waals surface area contributed by atoms with Gasteiger partial charge in [-0.3, -0.25) is 0 Å².